The van der Waals surface area contributed by atoms with Gasteiger partial charge in [0, 0.05) is 6.42 Å². The molecule has 0 amide bonds. The smallest absolute Gasteiger partial charge is 0.0949 e. The largest absolute Gasteiger partial charge is 0.369 e. The van der Waals surface area contributed by atoms with E-state index in [0.717, 1.165) is 18.9 Å². The average molecular weight is 275 g/mol. The average Bonchev–Trinajstić information content (AvgIpc) is 3.12. The minimum absolute atomic E-state index is 0.203. The Labute approximate surface area is 123 Å². The summed E-state index contributed by atoms with van der Waals surface area (Å²) in [5.74, 6) is 1.52. The maximum absolute atomic E-state index is 8.84. The van der Waals surface area contributed by atoms with E-state index in [1.165, 1.54) is 38.5 Å². The second kappa shape index (κ2) is 4.73. The molecule has 4 atom stereocenters. The summed E-state index contributed by atoms with van der Waals surface area (Å²) < 4.78 is 5.98. The van der Waals surface area contributed by atoms with Crippen LogP contribution in [0.25, 0.3) is 0 Å². The van der Waals surface area contributed by atoms with E-state index in [0.29, 0.717) is 23.2 Å². The molecule has 3 rings (SSSR count). The van der Waals surface area contributed by atoms with Crippen LogP contribution >= 0.6 is 0 Å². The topological polar surface area (TPSA) is 36.3 Å². The number of ether oxygens (including phenoxy) is 1. The van der Waals surface area contributed by atoms with Gasteiger partial charge in [-0.25, -0.2) is 0 Å². The van der Waals surface area contributed by atoms with Gasteiger partial charge in [-0.15, -0.1) is 0 Å². The number of hydrogen-bond acceptors (Lipinski definition) is 2. The highest BCUT2D eigenvalue weighted by molar-refractivity contribution is 5.13. The summed E-state index contributed by atoms with van der Waals surface area (Å²) in [5.41, 5.74) is 1.12. The highest BCUT2D eigenvalue weighted by atomic mass is 16.6. The zero-order chi connectivity index (χ0) is 14.4. The third-order valence-corrected chi connectivity index (χ3v) is 6.86. The zero-order valence-electron chi connectivity index (χ0n) is 13.4. The van der Waals surface area contributed by atoms with Crippen LogP contribution < -0.4 is 0 Å². The maximum atomic E-state index is 8.84. The number of fused-ring (bicyclic) bond motifs is 1. The molecular weight excluding hydrogens is 246 g/mol. The number of unbranched alkanes of at least 4 members (excludes halogenated alkanes) is 1. The van der Waals surface area contributed by atoms with Crippen LogP contribution in [0.5, 0.6) is 0 Å². The van der Waals surface area contributed by atoms with Gasteiger partial charge in [0.15, 0.2) is 0 Å². The molecule has 3 aliphatic rings. The Kier molecular flexibility index (Phi) is 3.41. The number of rotatable bonds is 3. The highest BCUT2D eigenvalue weighted by Crippen LogP contribution is 2.66. The van der Waals surface area contributed by atoms with E-state index in [-0.39, 0.29) is 5.60 Å². The van der Waals surface area contributed by atoms with Crippen molar-refractivity contribution in [3.8, 4) is 6.07 Å². The summed E-state index contributed by atoms with van der Waals surface area (Å²) in [7, 11) is 0. The molecule has 1 heterocycles. The van der Waals surface area contributed by atoms with Crippen molar-refractivity contribution < 1.29 is 4.74 Å². The molecule has 0 aromatic carbocycles. The van der Waals surface area contributed by atoms with Gasteiger partial charge in [0.1, 0.15) is 0 Å². The van der Waals surface area contributed by atoms with E-state index in [4.69, 9.17) is 10.00 Å². The van der Waals surface area contributed by atoms with Crippen molar-refractivity contribution in [2.24, 2.45) is 22.7 Å². The Balaban J connectivity index is 1.85. The lowest BCUT2D eigenvalue weighted by Crippen LogP contribution is -2.54. The molecule has 20 heavy (non-hydrogen) atoms. The van der Waals surface area contributed by atoms with Crippen LogP contribution in [0.2, 0.25) is 0 Å². The van der Waals surface area contributed by atoms with Crippen LogP contribution in [-0.4, -0.2) is 12.2 Å². The van der Waals surface area contributed by atoms with Crippen molar-refractivity contribution >= 4 is 0 Å². The third kappa shape index (κ3) is 2.10. The predicted molar refractivity (Wildman–Crippen MR) is 80.1 cm³/mol. The van der Waals surface area contributed by atoms with Crippen LogP contribution in [0, 0.1) is 34.0 Å². The SMILES string of the molecule is CC1(C)CCC[C@@]2(C)[C@H]1CC[C@@]1(CO1)[C@@H]2CCCC#N. The third-order valence-electron chi connectivity index (χ3n) is 6.86. The predicted octanol–water partition coefficient (Wildman–Crippen LogP) is 4.69. The monoisotopic (exact) mass is 275 g/mol. The van der Waals surface area contributed by atoms with Gasteiger partial charge in [0.05, 0.1) is 18.3 Å². The first-order valence-electron chi connectivity index (χ1n) is 8.46. The lowest BCUT2D eigenvalue weighted by molar-refractivity contribution is -0.108. The van der Waals surface area contributed by atoms with Crippen molar-refractivity contribution in [1.29, 1.82) is 5.26 Å². The molecule has 1 spiro atoms. The van der Waals surface area contributed by atoms with Gasteiger partial charge in [-0.2, -0.15) is 5.26 Å². The lowest BCUT2D eigenvalue weighted by Gasteiger charge is -2.59. The van der Waals surface area contributed by atoms with Gasteiger partial charge in [-0.1, -0.05) is 27.2 Å². The minimum Gasteiger partial charge on any atom is -0.369 e. The number of nitriles is 1. The quantitative estimate of drug-likeness (QED) is 0.553. The molecule has 2 saturated carbocycles. The zero-order valence-corrected chi connectivity index (χ0v) is 13.4. The summed E-state index contributed by atoms with van der Waals surface area (Å²) in [6, 6.07) is 2.32. The fraction of sp³-hybridized carbons (Fsp3) is 0.944. The fourth-order valence-electron chi connectivity index (χ4n) is 5.88. The van der Waals surface area contributed by atoms with Gasteiger partial charge in [0.25, 0.3) is 0 Å². The summed E-state index contributed by atoms with van der Waals surface area (Å²) in [6.45, 7) is 8.48. The van der Waals surface area contributed by atoms with Gasteiger partial charge in [-0.05, 0) is 61.2 Å². The first-order chi connectivity index (χ1) is 9.45. The van der Waals surface area contributed by atoms with Gasteiger partial charge >= 0.3 is 0 Å². The molecule has 0 unspecified atom stereocenters. The Bertz CT molecular complexity index is 418. The molecular formula is C18H29NO. The second-order valence-electron chi connectivity index (χ2n) is 8.40. The molecule has 1 saturated heterocycles. The summed E-state index contributed by atoms with van der Waals surface area (Å²) in [6.07, 6.45) is 9.66. The van der Waals surface area contributed by atoms with Crippen LogP contribution in [0.15, 0.2) is 0 Å². The Morgan fingerprint density at radius 1 is 1.20 bits per heavy atom. The number of hydrogen-bond donors (Lipinski definition) is 0. The Morgan fingerprint density at radius 3 is 2.60 bits per heavy atom. The molecule has 2 aliphatic carbocycles. The van der Waals surface area contributed by atoms with Gasteiger partial charge in [-0.3, -0.25) is 0 Å². The van der Waals surface area contributed by atoms with Crippen LogP contribution in [0.3, 0.4) is 0 Å². The van der Waals surface area contributed by atoms with Crippen LogP contribution in [0.1, 0.15) is 72.1 Å². The molecule has 0 bridgehead atoms. The molecule has 3 fully saturated rings. The van der Waals surface area contributed by atoms with E-state index >= 15 is 0 Å². The molecule has 2 nitrogen and oxygen atoms in total. The van der Waals surface area contributed by atoms with E-state index in [1.807, 2.05) is 0 Å². The molecule has 0 aromatic rings. The van der Waals surface area contributed by atoms with E-state index in [9.17, 15) is 0 Å². The molecule has 1 aliphatic heterocycles. The summed E-state index contributed by atoms with van der Waals surface area (Å²) >= 11 is 0. The van der Waals surface area contributed by atoms with Crippen molar-refractivity contribution in [2.75, 3.05) is 6.61 Å². The van der Waals surface area contributed by atoms with Gasteiger partial charge < -0.3 is 4.74 Å². The number of nitrogens with zero attached hydrogens (tertiary/aromatic N) is 1. The van der Waals surface area contributed by atoms with Crippen molar-refractivity contribution in [1.82, 2.24) is 0 Å². The standard InChI is InChI=1S/C18H29NO/c1-16(2)9-6-10-17(3)14(16)8-11-18(13-20-18)15(17)7-4-5-12-19/h14-15H,4-11,13H2,1-3H3/t14-,15+,17-,18+/m0/s1. The van der Waals surface area contributed by atoms with E-state index in [2.05, 4.69) is 26.8 Å². The first kappa shape index (κ1) is 14.4. The van der Waals surface area contributed by atoms with Gasteiger partial charge in [0.2, 0.25) is 0 Å². The van der Waals surface area contributed by atoms with E-state index in [1.54, 1.807) is 0 Å². The maximum Gasteiger partial charge on any atom is 0.0949 e. The first-order valence-corrected chi connectivity index (χ1v) is 8.46. The minimum atomic E-state index is 0.203. The lowest BCUT2D eigenvalue weighted by atomic mass is 9.46. The molecule has 0 N–H and O–H groups in total. The molecule has 2 heteroatoms. The van der Waals surface area contributed by atoms with Crippen molar-refractivity contribution in [3.63, 3.8) is 0 Å². The highest BCUT2D eigenvalue weighted by Gasteiger charge is 2.64. The van der Waals surface area contributed by atoms with Crippen LogP contribution in [0.4, 0.5) is 0 Å². The molecule has 0 radical (unpaired) electrons. The normalized spacial score (nSPS) is 45.7. The van der Waals surface area contributed by atoms with Crippen molar-refractivity contribution in [2.45, 2.75) is 77.7 Å². The number of epoxide rings is 1. The second-order valence-corrected chi connectivity index (χ2v) is 8.40. The van der Waals surface area contributed by atoms with Crippen molar-refractivity contribution in [3.05, 3.63) is 0 Å². The van der Waals surface area contributed by atoms with Crippen LogP contribution in [-0.2, 0) is 4.74 Å². The summed E-state index contributed by atoms with van der Waals surface area (Å²) in [5, 5.41) is 8.84. The molecule has 0 aromatic heterocycles. The van der Waals surface area contributed by atoms with E-state index < -0.39 is 0 Å². The Morgan fingerprint density at radius 2 is 1.95 bits per heavy atom. The molecule has 112 valence electrons. The fourth-order valence-corrected chi connectivity index (χ4v) is 5.88. The summed E-state index contributed by atoms with van der Waals surface area (Å²) in [4.78, 5) is 0. The Hall–Kier alpha value is -0.550.